The van der Waals surface area contributed by atoms with E-state index in [1.807, 2.05) is 24.4 Å². The Bertz CT molecular complexity index is 694. The fourth-order valence-corrected chi connectivity index (χ4v) is 2.44. The number of aromatic nitrogens is 2. The Kier molecular flexibility index (Phi) is 5.10. The average Bonchev–Trinajstić information content (AvgIpc) is 3.25. The maximum atomic E-state index is 11.8. The molecule has 24 heavy (non-hydrogen) atoms. The number of oxime groups is 1. The summed E-state index contributed by atoms with van der Waals surface area (Å²) in [6.45, 7) is 3.63. The molecule has 2 amide bonds. The van der Waals surface area contributed by atoms with Gasteiger partial charge in [0.2, 0.25) is 0 Å². The lowest BCUT2D eigenvalue weighted by Gasteiger charge is -2.11. The first kappa shape index (κ1) is 16.0. The summed E-state index contributed by atoms with van der Waals surface area (Å²) in [5, 5.41) is 13.8. The molecule has 1 aliphatic rings. The van der Waals surface area contributed by atoms with Gasteiger partial charge in [-0.25, -0.2) is 4.79 Å². The molecule has 2 N–H and O–H groups in total. The Morgan fingerprint density at radius 3 is 2.92 bits per heavy atom. The number of nitrogens with zero attached hydrogens (tertiary/aromatic N) is 3. The van der Waals surface area contributed by atoms with E-state index in [-0.39, 0.29) is 12.1 Å². The van der Waals surface area contributed by atoms with Crippen LogP contribution in [0.4, 0.5) is 4.79 Å². The Labute approximate surface area is 140 Å². The van der Waals surface area contributed by atoms with E-state index in [0.717, 1.165) is 11.3 Å². The van der Waals surface area contributed by atoms with Crippen molar-refractivity contribution in [1.29, 1.82) is 0 Å². The smallest absolute Gasteiger partial charge is 0.314 e. The summed E-state index contributed by atoms with van der Waals surface area (Å²) in [4.78, 5) is 17.2. The molecule has 1 aromatic heterocycles. The number of carbonyl (C=O) groups is 1. The lowest BCUT2D eigenvalue weighted by Crippen LogP contribution is -2.41. The zero-order valence-corrected chi connectivity index (χ0v) is 13.6. The van der Waals surface area contributed by atoms with Crippen LogP contribution in [0.25, 0.3) is 0 Å². The van der Waals surface area contributed by atoms with Gasteiger partial charge in [-0.2, -0.15) is 5.10 Å². The van der Waals surface area contributed by atoms with Crippen molar-refractivity contribution < 1.29 is 9.63 Å². The lowest BCUT2D eigenvalue weighted by atomic mass is 10.0. The SMILES string of the molecule is Cc1ccc(C2=NO[C@H](CNC(=O)NCCn3cccn3)C2)cc1. The normalized spacial score (nSPS) is 16.4. The monoisotopic (exact) mass is 327 g/mol. The fourth-order valence-electron chi connectivity index (χ4n) is 2.44. The third-order valence-electron chi connectivity index (χ3n) is 3.79. The molecule has 0 bridgehead atoms. The molecule has 1 aromatic carbocycles. The maximum Gasteiger partial charge on any atom is 0.314 e. The van der Waals surface area contributed by atoms with Crippen LogP contribution in [0.2, 0.25) is 0 Å². The van der Waals surface area contributed by atoms with Crippen LogP contribution < -0.4 is 10.6 Å². The van der Waals surface area contributed by atoms with Gasteiger partial charge in [-0.1, -0.05) is 35.0 Å². The molecule has 0 unspecified atom stereocenters. The Morgan fingerprint density at radius 1 is 1.33 bits per heavy atom. The first-order chi connectivity index (χ1) is 11.7. The van der Waals surface area contributed by atoms with E-state index in [0.29, 0.717) is 26.1 Å². The predicted octanol–water partition coefficient (Wildman–Crippen LogP) is 1.68. The van der Waals surface area contributed by atoms with Gasteiger partial charge in [-0.05, 0) is 18.6 Å². The van der Waals surface area contributed by atoms with Crippen LogP contribution >= 0.6 is 0 Å². The van der Waals surface area contributed by atoms with Gasteiger partial charge < -0.3 is 15.5 Å². The first-order valence-electron chi connectivity index (χ1n) is 7.99. The fraction of sp³-hybridized carbons (Fsp3) is 0.353. The summed E-state index contributed by atoms with van der Waals surface area (Å²) in [6.07, 6.45) is 4.13. The van der Waals surface area contributed by atoms with E-state index >= 15 is 0 Å². The minimum Gasteiger partial charge on any atom is -0.390 e. The first-order valence-corrected chi connectivity index (χ1v) is 7.99. The van der Waals surface area contributed by atoms with E-state index < -0.39 is 0 Å². The molecular weight excluding hydrogens is 306 g/mol. The van der Waals surface area contributed by atoms with E-state index in [1.54, 1.807) is 10.9 Å². The molecule has 7 nitrogen and oxygen atoms in total. The maximum absolute atomic E-state index is 11.8. The number of benzene rings is 1. The van der Waals surface area contributed by atoms with Gasteiger partial charge >= 0.3 is 6.03 Å². The molecule has 2 aromatic rings. The van der Waals surface area contributed by atoms with Crippen molar-refractivity contribution >= 4 is 11.7 Å². The molecular formula is C17H21N5O2. The molecule has 0 saturated carbocycles. The molecule has 2 heterocycles. The summed E-state index contributed by atoms with van der Waals surface area (Å²) in [6, 6.07) is 9.82. The molecule has 0 saturated heterocycles. The van der Waals surface area contributed by atoms with Crippen LogP contribution in [0.5, 0.6) is 0 Å². The highest BCUT2D eigenvalue weighted by Gasteiger charge is 2.22. The van der Waals surface area contributed by atoms with E-state index in [2.05, 4.69) is 39.9 Å². The number of rotatable bonds is 6. The van der Waals surface area contributed by atoms with E-state index in [9.17, 15) is 4.79 Å². The van der Waals surface area contributed by atoms with Crippen LogP contribution in [0.3, 0.4) is 0 Å². The van der Waals surface area contributed by atoms with Crippen molar-refractivity contribution in [3.8, 4) is 0 Å². The quantitative estimate of drug-likeness (QED) is 0.847. The van der Waals surface area contributed by atoms with Gasteiger partial charge in [0.25, 0.3) is 0 Å². The zero-order valence-electron chi connectivity index (χ0n) is 13.6. The number of nitrogens with one attached hydrogen (secondary N) is 2. The summed E-state index contributed by atoms with van der Waals surface area (Å²) in [5.41, 5.74) is 3.19. The lowest BCUT2D eigenvalue weighted by molar-refractivity contribution is 0.0865. The van der Waals surface area contributed by atoms with Crippen molar-refractivity contribution in [3.63, 3.8) is 0 Å². The van der Waals surface area contributed by atoms with Crippen LogP contribution in [-0.4, -0.2) is 40.7 Å². The van der Waals surface area contributed by atoms with Crippen molar-refractivity contribution in [2.45, 2.75) is 26.0 Å². The minimum absolute atomic E-state index is 0.127. The van der Waals surface area contributed by atoms with Crippen molar-refractivity contribution in [2.24, 2.45) is 5.16 Å². The average molecular weight is 327 g/mol. The van der Waals surface area contributed by atoms with Crippen molar-refractivity contribution in [3.05, 3.63) is 53.9 Å². The van der Waals surface area contributed by atoms with Gasteiger partial charge in [0, 0.05) is 25.4 Å². The van der Waals surface area contributed by atoms with Gasteiger partial charge in [-0.15, -0.1) is 0 Å². The molecule has 3 rings (SSSR count). The number of hydrogen-bond donors (Lipinski definition) is 2. The molecule has 1 aliphatic heterocycles. The highest BCUT2D eigenvalue weighted by Crippen LogP contribution is 2.16. The van der Waals surface area contributed by atoms with E-state index in [1.165, 1.54) is 5.56 Å². The second-order valence-corrected chi connectivity index (χ2v) is 5.74. The number of hydrogen-bond acceptors (Lipinski definition) is 4. The molecule has 1 atom stereocenters. The van der Waals surface area contributed by atoms with Gasteiger partial charge in [-0.3, -0.25) is 4.68 Å². The topological polar surface area (TPSA) is 80.5 Å². The van der Waals surface area contributed by atoms with Crippen molar-refractivity contribution in [1.82, 2.24) is 20.4 Å². The Balaban J connectivity index is 1.35. The summed E-state index contributed by atoms with van der Waals surface area (Å²) >= 11 is 0. The van der Waals surface area contributed by atoms with Crippen LogP contribution in [0.1, 0.15) is 17.5 Å². The van der Waals surface area contributed by atoms with Gasteiger partial charge in [0.15, 0.2) is 6.10 Å². The van der Waals surface area contributed by atoms with Crippen molar-refractivity contribution in [2.75, 3.05) is 13.1 Å². The summed E-state index contributed by atoms with van der Waals surface area (Å²) in [7, 11) is 0. The van der Waals surface area contributed by atoms with E-state index in [4.69, 9.17) is 4.84 Å². The molecule has 0 spiro atoms. The van der Waals surface area contributed by atoms with Crippen LogP contribution in [-0.2, 0) is 11.4 Å². The number of urea groups is 1. The molecule has 7 heteroatoms. The summed E-state index contributed by atoms with van der Waals surface area (Å²) in [5.74, 6) is 0. The number of aryl methyl sites for hydroxylation is 1. The molecule has 0 fully saturated rings. The molecule has 0 radical (unpaired) electrons. The van der Waals surface area contributed by atoms with Gasteiger partial charge in [0.05, 0.1) is 18.8 Å². The standard InChI is InChI=1S/C17H21N5O2/c1-13-3-5-14(6-4-13)16-11-15(24-21-16)12-19-17(23)18-8-10-22-9-2-7-20-22/h2-7,9,15H,8,10-12H2,1H3,(H2,18,19,23)/t15-/m0/s1. The van der Waals surface area contributed by atoms with Crippen LogP contribution in [0, 0.1) is 6.92 Å². The molecule has 126 valence electrons. The van der Waals surface area contributed by atoms with Gasteiger partial charge in [0.1, 0.15) is 0 Å². The minimum atomic E-state index is -0.213. The summed E-state index contributed by atoms with van der Waals surface area (Å²) < 4.78 is 1.77. The highest BCUT2D eigenvalue weighted by atomic mass is 16.6. The zero-order chi connectivity index (χ0) is 16.8. The third-order valence-corrected chi connectivity index (χ3v) is 3.79. The molecule has 0 aliphatic carbocycles. The second kappa shape index (κ2) is 7.63. The third kappa shape index (κ3) is 4.34. The predicted molar refractivity (Wildman–Crippen MR) is 90.8 cm³/mol. The number of carbonyl (C=O) groups excluding carboxylic acids is 1. The largest absolute Gasteiger partial charge is 0.390 e. The number of amides is 2. The Morgan fingerprint density at radius 2 is 2.17 bits per heavy atom. The Hall–Kier alpha value is -2.83. The highest BCUT2D eigenvalue weighted by molar-refractivity contribution is 6.01. The van der Waals surface area contributed by atoms with Crippen LogP contribution in [0.15, 0.2) is 47.9 Å². The second-order valence-electron chi connectivity index (χ2n) is 5.74.